The molecule has 3 rings (SSSR count). The molecule has 0 unspecified atom stereocenters. The highest BCUT2D eigenvalue weighted by atomic mass is 16.3. The predicted molar refractivity (Wildman–Crippen MR) is 70.3 cm³/mol. The summed E-state index contributed by atoms with van der Waals surface area (Å²) in [4.78, 5) is 11.9. The normalized spacial score (nSPS) is 10.8. The summed E-state index contributed by atoms with van der Waals surface area (Å²) < 4.78 is 15.7. The molecule has 0 atom stereocenters. The topological polar surface area (TPSA) is 68.5 Å². The third kappa shape index (κ3) is 2.51. The Morgan fingerprint density at radius 3 is 2.25 bits per heavy atom. The number of furan rings is 3. The maximum Gasteiger partial charge on any atom is 0.254 e. The van der Waals surface area contributed by atoms with Crippen LogP contribution in [-0.2, 0) is 0 Å². The van der Waals surface area contributed by atoms with Crippen LogP contribution in [0.3, 0.4) is 0 Å². The summed E-state index contributed by atoms with van der Waals surface area (Å²) in [5.41, 5.74) is 0.489. The summed E-state index contributed by atoms with van der Waals surface area (Å²) in [6, 6.07) is 8.95. The Bertz CT molecular complexity index is 604. The summed E-state index contributed by atoms with van der Waals surface area (Å²) in [7, 11) is 0. The van der Waals surface area contributed by atoms with Crippen molar-refractivity contribution in [3.8, 4) is 0 Å². The van der Waals surface area contributed by atoms with Crippen molar-refractivity contribution in [1.82, 2.24) is 5.32 Å². The molecule has 0 radical (unpaired) electrons. The fourth-order valence-corrected chi connectivity index (χ4v) is 2.01. The van der Waals surface area contributed by atoms with E-state index in [9.17, 15) is 4.79 Å². The van der Waals surface area contributed by atoms with Crippen molar-refractivity contribution in [3.05, 3.63) is 72.5 Å². The minimum absolute atomic E-state index is 0.157. The Morgan fingerprint density at radius 2 is 1.75 bits per heavy atom. The molecule has 3 aromatic rings. The van der Waals surface area contributed by atoms with E-state index in [2.05, 4.69) is 5.32 Å². The number of hydrogen-bond acceptors (Lipinski definition) is 4. The molecule has 1 amide bonds. The zero-order valence-electron chi connectivity index (χ0n) is 10.6. The molecule has 0 fully saturated rings. The fourth-order valence-electron chi connectivity index (χ4n) is 2.01. The van der Waals surface area contributed by atoms with Crippen molar-refractivity contribution in [2.45, 2.75) is 5.92 Å². The van der Waals surface area contributed by atoms with Gasteiger partial charge in [-0.15, -0.1) is 0 Å². The van der Waals surface area contributed by atoms with Crippen LogP contribution >= 0.6 is 0 Å². The highest BCUT2D eigenvalue weighted by Crippen LogP contribution is 2.24. The van der Waals surface area contributed by atoms with E-state index in [1.165, 1.54) is 12.5 Å². The average Bonchev–Trinajstić information content (AvgIpc) is 3.22. The lowest BCUT2D eigenvalue weighted by Gasteiger charge is -2.12. The van der Waals surface area contributed by atoms with Gasteiger partial charge in [-0.25, -0.2) is 0 Å². The summed E-state index contributed by atoms with van der Waals surface area (Å²) in [5.74, 6) is 1.14. The van der Waals surface area contributed by atoms with Crippen LogP contribution in [0.5, 0.6) is 0 Å². The van der Waals surface area contributed by atoms with Crippen LogP contribution < -0.4 is 5.32 Å². The van der Waals surface area contributed by atoms with E-state index in [1.807, 2.05) is 24.3 Å². The first-order chi connectivity index (χ1) is 9.84. The maximum atomic E-state index is 11.9. The predicted octanol–water partition coefficient (Wildman–Crippen LogP) is 3.03. The molecule has 0 spiro atoms. The molecular weight excluding hydrogens is 258 g/mol. The lowest BCUT2D eigenvalue weighted by molar-refractivity contribution is 0.0950. The van der Waals surface area contributed by atoms with Gasteiger partial charge in [0.05, 0.1) is 30.3 Å². The van der Waals surface area contributed by atoms with Crippen LogP contribution in [0.1, 0.15) is 27.8 Å². The Hall–Kier alpha value is -2.69. The molecule has 0 saturated carbocycles. The van der Waals surface area contributed by atoms with Crippen molar-refractivity contribution < 1.29 is 18.0 Å². The van der Waals surface area contributed by atoms with Crippen LogP contribution in [0.4, 0.5) is 0 Å². The van der Waals surface area contributed by atoms with E-state index in [0.29, 0.717) is 12.1 Å². The van der Waals surface area contributed by atoms with Crippen LogP contribution in [0.25, 0.3) is 0 Å². The number of rotatable bonds is 5. The Labute approximate surface area is 115 Å². The van der Waals surface area contributed by atoms with Crippen LogP contribution in [-0.4, -0.2) is 12.5 Å². The Morgan fingerprint density at radius 1 is 1.05 bits per heavy atom. The fraction of sp³-hybridized carbons (Fsp3) is 0.133. The molecule has 1 N–H and O–H groups in total. The van der Waals surface area contributed by atoms with Gasteiger partial charge in [-0.05, 0) is 30.3 Å². The third-order valence-electron chi connectivity index (χ3n) is 3.02. The van der Waals surface area contributed by atoms with Gasteiger partial charge in [-0.3, -0.25) is 4.79 Å². The van der Waals surface area contributed by atoms with E-state index in [-0.39, 0.29) is 11.8 Å². The van der Waals surface area contributed by atoms with Crippen LogP contribution in [0, 0.1) is 0 Å². The largest absolute Gasteiger partial charge is 0.472 e. The van der Waals surface area contributed by atoms with Crippen LogP contribution in [0.2, 0.25) is 0 Å². The van der Waals surface area contributed by atoms with Gasteiger partial charge in [0.15, 0.2) is 0 Å². The first kappa shape index (κ1) is 12.3. The zero-order valence-corrected chi connectivity index (χ0v) is 10.6. The Balaban J connectivity index is 1.73. The molecule has 0 saturated heterocycles. The van der Waals surface area contributed by atoms with E-state index in [0.717, 1.165) is 11.5 Å². The number of amides is 1. The standard InChI is InChI=1S/C15H13NO4/c17-15(11-5-8-18-10-11)16-9-12(13-3-1-6-19-13)14-4-2-7-20-14/h1-8,10,12H,9H2,(H,16,17). The van der Waals surface area contributed by atoms with Gasteiger partial charge in [-0.2, -0.15) is 0 Å². The van der Waals surface area contributed by atoms with E-state index in [4.69, 9.17) is 13.3 Å². The molecule has 0 aliphatic rings. The summed E-state index contributed by atoms with van der Waals surface area (Å²) >= 11 is 0. The van der Waals surface area contributed by atoms with Gasteiger partial charge in [0, 0.05) is 6.54 Å². The molecule has 20 heavy (non-hydrogen) atoms. The first-order valence-corrected chi connectivity index (χ1v) is 6.22. The monoisotopic (exact) mass is 271 g/mol. The second-order valence-electron chi connectivity index (χ2n) is 4.31. The minimum atomic E-state index is -0.193. The number of nitrogens with one attached hydrogen (secondary N) is 1. The highest BCUT2D eigenvalue weighted by Gasteiger charge is 2.21. The highest BCUT2D eigenvalue weighted by molar-refractivity contribution is 5.93. The van der Waals surface area contributed by atoms with Crippen molar-refractivity contribution in [1.29, 1.82) is 0 Å². The van der Waals surface area contributed by atoms with E-state index in [1.54, 1.807) is 18.6 Å². The lowest BCUT2D eigenvalue weighted by atomic mass is 10.0. The van der Waals surface area contributed by atoms with Gasteiger partial charge >= 0.3 is 0 Å². The average molecular weight is 271 g/mol. The summed E-state index contributed by atoms with van der Waals surface area (Å²) in [5, 5.41) is 2.84. The second kappa shape index (κ2) is 5.52. The van der Waals surface area contributed by atoms with Crippen LogP contribution in [0.15, 0.2) is 68.6 Å². The minimum Gasteiger partial charge on any atom is -0.472 e. The molecule has 5 heteroatoms. The third-order valence-corrected chi connectivity index (χ3v) is 3.02. The number of hydrogen-bond donors (Lipinski definition) is 1. The molecule has 0 bridgehead atoms. The number of carbonyl (C=O) groups excluding carboxylic acids is 1. The van der Waals surface area contributed by atoms with Crippen molar-refractivity contribution in [2.75, 3.05) is 6.54 Å². The van der Waals surface area contributed by atoms with Gasteiger partial charge in [-0.1, -0.05) is 0 Å². The molecule has 3 heterocycles. The lowest BCUT2D eigenvalue weighted by Crippen LogP contribution is -2.28. The molecular formula is C15H13NO4. The zero-order chi connectivity index (χ0) is 13.8. The van der Waals surface area contributed by atoms with Gasteiger partial charge in [0.2, 0.25) is 0 Å². The molecule has 0 aromatic carbocycles. The van der Waals surface area contributed by atoms with Gasteiger partial charge in [0.25, 0.3) is 5.91 Å². The quantitative estimate of drug-likeness (QED) is 0.774. The molecule has 102 valence electrons. The van der Waals surface area contributed by atoms with Crippen molar-refractivity contribution >= 4 is 5.91 Å². The van der Waals surface area contributed by atoms with Crippen molar-refractivity contribution in [2.24, 2.45) is 0 Å². The Kier molecular flexibility index (Phi) is 3.41. The summed E-state index contributed by atoms with van der Waals surface area (Å²) in [6.45, 7) is 0.380. The van der Waals surface area contributed by atoms with Gasteiger partial charge in [0.1, 0.15) is 17.8 Å². The summed E-state index contributed by atoms with van der Waals surface area (Å²) in [6.07, 6.45) is 6.07. The SMILES string of the molecule is O=C(NCC(c1ccco1)c1ccco1)c1ccoc1. The molecule has 0 aliphatic heterocycles. The van der Waals surface area contributed by atoms with Gasteiger partial charge < -0.3 is 18.6 Å². The van der Waals surface area contributed by atoms with Crippen molar-refractivity contribution in [3.63, 3.8) is 0 Å². The second-order valence-corrected chi connectivity index (χ2v) is 4.31. The maximum absolute atomic E-state index is 11.9. The number of carbonyl (C=O) groups is 1. The molecule has 5 nitrogen and oxygen atoms in total. The molecule has 3 aromatic heterocycles. The van der Waals surface area contributed by atoms with E-state index < -0.39 is 0 Å². The first-order valence-electron chi connectivity index (χ1n) is 6.22. The smallest absolute Gasteiger partial charge is 0.254 e. The van der Waals surface area contributed by atoms with E-state index >= 15 is 0 Å². The molecule has 0 aliphatic carbocycles.